The Morgan fingerprint density at radius 3 is 2.23 bits per heavy atom. The second kappa shape index (κ2) is 10.4. The van der Waals surface area contributed by atoms with Gasteiger partial charge in [0.15, 0.2) is 0 Å². The lowest BCUT2D eigenvalue weighted by Crippen LogP contribution is -2.43. The van der Waals surface area contributed by atoms with E-state index in [4.69, 9.17) is 4.74 Å². The Labute approximate surface area is 180 Å². The van der Waals surface area contributed by atoms with Gasteiger partial charge in [0.2, 0.25) is 0 Å². The molecule has 0 saturated heterocycles. The van der Waals surface area contributed by atoms with E-state index in [1.807, 2.05) is 0 Å². The molecule has 0 radical (unpaired) electrons. The number of esters is 1. The average molecular weight is 454 g/mol. The van der Waals surface area contributed by atoms with Gasteiger partial charge < -0.3 is 9.47 Å². The molecule has 7 nitrogen and oxygen atoms in total. The van der Waals surface area contributed by atoms with Gasteiger partial charge in [-0.3, -0.25) is 5.01 Å². The Balaban J connectivity index is 2.54. The van der Waals surface area contributed by atoms with Crippen LogP contribution in [0.1, 0.15) is 19.4 Å². The molecule has 0 spiro atoms. The third-order valence-electron chi connectivity index (χ3n) is 4.14. The predicted octanol–water partition coefficient (Wildman–Crippen LogP) is 3.60. The number of rotatable bonds is 10. The van der Waals surface area contributed by atoms with Crippen LogP contribution >= 0.6 is 0 Å². The molecule has 0 saturated carbocycles. The zero-order chi connectivity index (χ0) is 23.1. The topological polar surface area (TPSA) is 84.9 Å². The monoisotopic (exact) mass is 454 g/mol. The number of nitrogens with zero attached hydrogens (tertiary/aromatic N) is 1. The van der Waals surface area contributed by atoms with Crippen LogP contribution in [0.15, 0.2) is 60.7 Å². The number of ether oxygens (including phenoxy) is 2. The molecule has 2 aromatic carbocycles. The quantitative estimate of drug-likeness (QED) is 0.436. The highest BCUT2D eigenvalue weighted by Crippen LogP contribution is 2.29. The van der Waals surface area contributed by atoms with Gasteiger partial charge >= 0.3 is 11.9 Å². The highest BCUT2D eigenvalue weighted by Gasteiger charge is 2.41. The predicted molar refractivity (Wildman–Crippen MR) is 114 cm³/mol. The van der Waals surface area contributed by atoms with Crippen LogP contribution in [-0.2, 0) is 19.6 Å². The number of hydrogen-bond donors (Lipinski definition) is 1. The molecule has 0 unspecified atom stereocenters. The number of carbonyl (C=O) groups excluding carboxylic acids is 1. The zero-order valence-corrected chi connectivity index (χ0v) is 18.2. The zero-order valence-electron chi connectivity index (χ0n) is 17.3. The van der Waals surface area contributed by atoms with Gasteiger partial charge in [-0.05, 0) is 55.8 Å². The number of anilines is 1. The normalized spacial score (nSPS) is 12.4. The summed E-state index contributed by atoms with van der Waals surface area (Å²) in [5, 5.41) is 1.29. The fourth-order valence-electron chi connectivity index (χ4n) is 2.62. The fraction of sp³-hybridized carbons (Fsp3) is 0.286. The maximum atomic E-state index is 14.5. The minimum absolute atomic E-state index is 0.0543. The summed E-state index contributed by atoms with van der Waals surface area (Å²) in [6.45, 7) is 3.01. The first-order chi connectivity index (χ1) is 14.6. The highest BCUT2D eigenvalue weighted by atomic mass is 32.2. The van der Waals surface area contributed by atoms with E-state index in [2.05, 4.69) is 9.57 Å². The van der Waals surface area contributed by atoms with E-state index >= 15 is 0 Å². The lowest BCUT2D eigenvalue weighted by molar-refractivity contribution is -0.164. The summed E-state index contributed by atoms with van der Waals surface area (Å²) in [5.41, 5.74) is 0.459. The molecular formula is C21H24F2N2O5S. The van der Waals surface area contributed by atoms with Crippen molar-refractivity contribution in [3.63, 3.8) is 0 Å². The second-order valence-electron chi connectivity index (χ2n) is 6.26. The molecule has 2 aromatic rings. The third kappa shape index (κ3) is 6.25. The van der Waals surface area contributed by atoms with E-state index < -0.39 is 26.8 Å². The molecule has 0 aliphatic rings. The Morgan fingerprint density at radius 2 is 1.71 bits per heavy atom. The molecule has 0 aliphatic carbocycles. The second-order valence-corrected chi connectivity index (χ2v) is 7.88. The molecule has 0 fully saturated rings. The van der Waals surface area contributed by atoms with Crippen molar-refractivity contribution in [1.82, 2.24) is 4.83 Å². The van der Waals surface area contributed by atoms with Crippen LogP contribution in [0.25, 0.3) is 4.91 Å². The van der Waals surface area contributed by atoms with Gasteiger partial charge in [-0.15, -0.1) is 4.83 Å². The van der Waals surface area contributed by atoms with Crippen molar-refractivity contribution in [3.8, 4) is 5.75 Å². The fourth-order valence-corrected chi connectivity index (χ4v) is 4.00. The van der Waals surface area contributed by atoms with Crippen molar-refractivity contribution in [3.05, 3.63) is 66.2 Å². The maximum Gasteiger partial charge on any atom is 0.381 e. The molecule has 10 heteroatoms. The Morgan fingerprint density at radius 1 is 1.10 bits per heavy atom. The van der Waals surface area contributed by atoms with Crippen molar-refractivity contribution in [2.75, 3.05) is 25.3 Å². The van der Waals surface area contributed by atoms with E-state index in [1.165, 1.54) is 43.3 Å². The molecule has 2 rings (SSSR count). The number of sulfonamides is 1. The largest absolute Gasteiger partial charge is 0.497 e. The summed E-state index contributed by atoms with van der Waals surface area (Å²) >= 11 is 0. The van der Waals surface area contributed by atoms with Crippen molar-refractivity contribution in [1.29, 1.82) is 0 Å². The molecule has 0 aliphatic heterocycles. The summed E-state index contributed by atoms with van der Waals surface area (Å²) in [6, 6.07) is 14.0. The molecule has 0 heterocycles. The Hall–Kier alpha value is -2.98. The van der Waals surface area contributed by atoms with Gasteiger partial charge in [-0.1, -0.05) is 18.2 Å². The van der Waals surface area contributed by atoms with Crippen LogP contribution in [0, 0.1) is 0 Å². The lowest BCUT2D eigenvalue weighted by Gasteiger charge is -2.25. The van der Waals surface area contributed by atoms with Crippen LogP contribution in [0.4, 0.5) is 14.5 Å². The molecule has 1 N–H and O–H groups in total. The Bertz CT molecular complexity index is 1010. The highest BCUT2D eigenvalue weighted by molar-refractivity contribution is 7.98. The minimum atomic E-state index is -4.53. The van der Waals surface area contributed by atoms with Crippen molar-refractivity contribution < 1.29 is 31.5 Å². The number of hydrogen-bond acceptors (Lipinski definition) is 6. The third-order valence-corrected chi connectivity index (χ3v) is 5.53. The molecule has 31 heavy (non-hydrogen) atoms. The van der Waals surface area contributed by atoms with Gasteiger partial charge in [-0.25, -0.2) is 13.2 Å². The van der Waals surface area contributed by atoms with Crippen LogP contribution in [-0.4, -0.2) is 40.6 Å². The SMILES string of the molecule is CCOC(=O)C(F)(F)/C=C(\c1ccc(OC)cc1)S(=O)(=O)NN(CC)c1ccccc1. The molecular weight excluding hydrogens is 430 g/mol. The van der Waals surface area contributed by atoms with Crippen LogP contribution < -0.4 is 14.6 Å². The number of nitrogens with one attached hydrogen (secondary N) is 1. The average Bonchev–Trinajstić information content (AvgIpc) is 2.76. The molecule has 168 valence electrons. The van der Waals surface area contributed by atoms with Gasteiger partial charge in [0, 0.05) is 12.6 Å². The number of methoxy groups -OCH3 is 1. The van der Waals surface area contributed by atoms with Gasteiger partial charge in [0.05, 0.1) is 24.3 Å². The first-order valence-corrected chi connectivity index (χ1v) is 10.9. The first kappa shape index (κ1) is 24.3. The van der Waals surface area contributed by atoms with Gasteiger partial charge in [0.1, 0.15) is 5.75 Å². The van der Waals surface area contributed by atoms with E-state index in [-0.39, 0.29) is 24.8 Å². The first-order valence-electron chi connectivity index (χ1n) is 9.42. The van der Waals surface area contributed by atoms with Crippen LogP contribution in [0.2, 0.25) is 0 Å². The smallest absolute Gasteiger partial charge is 0.381 e. The standard InChI is InChI=1S/C21H24F2N2O5S/c1-4-25(17-9-7-6-8-10-17)24-31(27,28)19(15-21(22,23)20(26)30-5-2)16-11-13-18(29-3)14-12-16/h6-15,24H,4-5H2,1-3H3/b19-15+. The molecule has 0 aromatic heterocycles. The van der Waals surface area contributed by atoms with Crippen molar-refractivity contribution >= 4 is 26.6 Å². The molecule has 0 bridgehead atoms. The Kier molecular flexibility index (Phi) is 8.12. The number of benzene rings is 2. The number of para-hydroxylation sites is 1. The number of carbonyl (C=O) groups is 1. The van der Waals surface area contributed by atoms with Crippen LogP contribution in [0.5, 0.6) is 5.75 Å². The summed E-state index contributed by atoms with van der Waals surface area (Å²) in [6.07, 6.45) is 0.0912. The summed E-state index contributed by atoms with van der Waals surface area (Å²) in [7, 11) is -3.11. The number of halogens is 2. The molecule has 0 amide bonds. The van der Waals surface area contributed by atoms with Crippen molar-refractivity contribution in [2.45, 2.75) is 19.8 Å². The van der Waals surface area contributed by atoms with Gasteiger partial charge in [-0.2, -0.15) is 8.78 Å². The summed E-state index contributed by atoms with van der Waals surface area (Å²) < 4.78 is 64.7. The minimum Gasteiger partial charge on any atom is -0.497 e. The number of hydrazine groups is 1. The summed E-state index contributed by atoms with van der Waals surface area (Å²) in [5.74, 6) is -5.60. The van der Waals surface area contributed by atoms with E-state index in [0.717, 1.165) is 0 Å². The van der Waals surface area contributed by atoms with Gasteiger partial charge in [0.25, 0.3) is 10.0 Å². The van der Waals surface area contributed by atoms with Crippen molar-refractivity contribution in [2.24, 2.45) is 0 Å². The van der Waals surface area contributed by atoms with Crippen LogP contribution in [0.3, 0.4) is 0 Å². The van der Waals surface area contributed by atoms with E-state index in [1.54, 1.807) is 37.3 Å². The maximum absolute atomic E-state index is 14.5. The summed E-state index contributed by atoms with van der Waals surface area (Å²) in [4.78, 5) is 13.2. The number of alkyl halides is 2. The molecule has 0 atom stereocenters. The van der Waals surface area contributed by atoms with E-state index in [0.29, 0.717) is 11.4 Å². The van der Waals surface area contributed by atoms with E-state index in [9.17, 15) is 22.0 Å². The lowest BCUT2D eigenvalue weighted by atomic mass is 10.1.